The smallest absolute Gasteiger partial charge is 0.264 e. The highest BCUT2D eigenvalue weighted by Gasteiger charge is 2.26. The zero-order chi connectivity index (χ0) is 14.9. The molecule has 0 amide bonds. The van der Waals surface area contributed by atoms with Gasteiger partial charge in [-0.15, -0.1) is 0 Å². The Balaban J connectivity index is 2.10. The highest BCUT2D eigenvalue weighted by atomic mass is 32.2. The normalized spacial score (nSPS) is 14.6. The van der Waals surface area contributed by atoms with Crippen molar-refractivity contribution in [2.45, 2.75) is 18.2 Å². The quantitative estimate of drug-likeness (QED) is 0.849. The van der Waals surface area contributed by atoms with Crippen molar-refractivity contribution in [1.29, 1.82) is 0 Å². The molecule has 0 unspecified atom stereocenters. The number of aryl methyl sites for hydroxylation is 1. The van der Waals surface area contributed by atoms with E-state index in [4.69, 9.17) is 0 Å². The van der Waals surface area contributed by atoms with Crippen LogP contribution < -0.4 is 4.31 Å². The number of rotatable bonds is 2. The largest absolute Gasteiger partial charge is 0.265 e. The molecule has 0 saturated carbocycles. The molecule has 108 valence electrons. The van der Waals surface area contributed by atoms with Gasteiger partial charge >= 0.3 is 0 Å². The summed E-state index contributed by atoms with van der Waals surface area (Å²) >= 11 is 0. The Morgan fingerprint density at radius 3 is 2.48 bits per heavy atom. The van der Waals surface area contributed by atoms with Gasteiger partial charge in [-0.1, -0.05) is 48.0 Å². The van der Waals surface area contributed by atoms with Gasteiger partial charge in [-0.3, -0.25) is 4.31 Å². The van der Waals surface area contributed by atoms with Gasteiger partial charge in [0.25, 0.3) is 10.0 Å². The van der Waals surface area contributed by atoms with E-state index in [1.165, 1.54) is 4.31 Å². The Morgan fingerprint density at radius 1 is 1.00 bits per heavy atom. The molecule has 0 saturated heterocycles. The molecule has 0 aromatic heterocycles. The maximum atomic E-state index is 12.9. The number of nitrogens with zero attached hydrogens (tertiary/aromatic N) is 1. The first-order valence-corrected chi connectivity index (χ1v) is 8.38. The van der Waals surface area contributed by atoms with Crippen LogP contribution in [0.25, 0.3) is 6.08 Å². The SMILES string of the molecule is Cc1ccc(S(=O)(=O)N2CCC=Cc3ccccc32)cc1. The van der Waals surface area contributed by atoms with Crippen molar-refractivity contribution in [3.8, 4) is 0 Å². The Hall–Kier alpha value is -2.07. The second-order valence-electron chi connectivity index (χ2n) is 5.14. The average molecular weight is 299 g/mol. The zero-order valence-corrected chi connectivity index (χ0v) is 12.7. The zero-order valence-electron chi connectivity index (χ0n) is 11.9. The van der Waals surface area contributed by atoms with Crippen LogP contribution in [-0.2, 0) is 10.0 Å². The van der Waals surface area contributed by atoms with E-state index in [9.17, 15) is 8.42 Å². The molecule has 0 atom stereocenters. The predicted molar refractivity (Wildman–Crippen MR) is 85.8 cm³/mol. The minimum atomic E-state index is -3.52. The van der Waals surface area contributed by atoms with Gasteiger partial charge in [-0.05, 0) is 37.1 Å². The number of sulfonamides is 1. The lowest BCUT2D eigenvalue weighted by atomic mass is 10.2. The number of anilines is 1. The molecule has 21 heavy (non-hydrogen) atoms. The summed E-state index contributed by atoms with van der Waals surface area (Å²) in [6, 6.07) is 14.6. The number of fused-ring (bicyclic) bond motifs is 1. The van der Waals surface area contributed by atoms with E-state index >= 15 is 0 Å². The minimum Gasteiger partial charge on any atom is -0.265 e. The Morgan fingerprint density at radius 2 is 1.71 bits per heavy atom. The van der Waals surface area contributed by atoms with Crippen molar-refractivity contribution in [2.75, 3.05) is 10.8 Å². The van der Waals surface area contributed by atoms with E-state index in [1.54, 1.807) is 12.1 Å². The summed E-state index contributed by atoms with van der Waals surface area (Å²) in [6.45, 7) is 2.41. The third-order valence-electron chi connectivity index (χ3n) is 3.61. The molecule has 2 aromatic rings. The topological polar surface area (TPSA) is 37.4 Å². The van der Waals surface area contributed by atoms with Crippen LogP contribution in [0.15, 0.2) is 59.5 Å². The fraction of sp³-hybridized carbons (Fsp3) is 0.176. The average Bonchev–Trinajstić information content (AvgIpc) is 2.70. The van der Waals surface area contributed by atoms with E-state index < -0.39 is 10.0 Å². The van der Waals surface area contributed by atoms with E-state index in [1.807, 2.05) is 55.5 Å². The summed E-state index contributed by atoms with van der Waals surface area (Å²) in [5, 5.41) is 0. The molecule has 3 rings (SSSR count). The van der Waals surface area contributed by atoms with Gasteiger partial charge in [0.15, 0.2) is 0 Å². The highest BCUT2D eigenvalue weighted by Crippen LogP contribution is 2.30. The lowest BCUT2D eigenvalue weighted by molar-refractivity contribution is 0.591. The maximum Gasteiger partial charge on any atom is 0.264 e. The Labute approximate surface area is 125 Å². The fourth-order valence-electron chi connectivity index (χ4n) is 2.47. The molecule has 1 aliphatic heterocycles. The van der Waals surface area contributed by atoms with Crippen molar-refractivity contribution in [1.82, 2.24) is 0 Å². The van der Waals surface area contributed by atoms with Gasteiger partial charge in [0.05, 0.1) is 10.6 Å². The van der Waals surface area contributed by atoms with Crippen LogP contribution in [0.2, 0.25) is 0 Å². The van der Waals surface area contributed by atoms with Crippen LogP contribution in [0.3, 0.4) is 0 Å². The van der Waals surface area contributed by atoms with Gasteiger partial charge in [-0.2, -0.15) is 0 Å². The maximum absolute atomic E-state index is 12.9. The molecule has 0 spiro atoms. The number of para-hydroxylation sites is 1. The van der Waals surface area contributed by atoms with E-state index in [-0.39, 0.29) is 0 Å². The summed E-state index contributed by atoms with van der Waals surface area (Å²) in [6.07, 6.45) is 4.71. The van der Waals surface area contributed by atoms with Crippen LogP contribution in [0.4, 0.5) is 5.69 Å². The van der Waals surface area contributed by atoms with Gasteiger partial charge in [0.2, 0.25) is 0 Å². The minimum absolute atomic E-state index is 0.338. The lowest BCUT2D eigenvalue weighted by Crippen LogP contribution is -2.31. The van der Waals surface area contributed by atoms with Crippen molar-refractivity contribution in [3.63, 3.8) is 0 Å². The molecule has 1 heterocycles. The molecule has 0 fully saturated rings. The van der Waals surface area contributed by atoms with Crippen LogP contribution in [0.5, 0.6) is 0 Å². The van der Waals surface area contributed by atoms with E-state index in [0.717, 1.165) is 16.8 Å². The predicted octanol–water partition coefficient (Wildman–Crippen LogP) is 3.61. The molecule has 4 heteroatoms. The third kappa shape index (κ3) is 2.59. The Bertz CT molecular complexity index is 777. The molecule has 3 nitrogen and oxygen atoms in total. The third-order valence-corrected chi connectivity index (χ3v) is 5.44. The Kier molecular flexibility index (Phi) is 3.55. The fourth-order valence-corrected chi connectivity index (χ4v) is 3.97. The molecule has 0 bridgehead atoms. The second-order valence-corrected chi connectivity index (χ2v) is 7.00. The van der Waals surface area contributed by atoms with Crippen LogP contribution in [0.1, 0.15) is 17.5 Å². The summed E-state index contributed by atoms with van der Waals surface area (Å²) < 4.78 is 27.3. The standard InChI is InChI=1S/C17H17NO2S/c1-14-9-11-16(12-10-14)21(19,20)18-13-5-4-7-15-6-2-3-8-17(15)18/h2-4,6-12H,5,13H2,1H3. The van der Waals surface area contributed by atoms with E-state index in [2.05, 4.69) is 0 Å². The second kappa shape index (κ2) is 5.37. The number of hydrogen-bond donors (Lipinski definition) is 0. The molecule has 0 N–H and O–H groups in total. The van der Waals surface area contributed by atoms with Crippen molar-refractivity contribution < 1.29 is 8.42 Å². The van der Waals surface area contributed by atoms with Gasteiger partial charge < -0.3 is 0 Å². The van der Waals surface area contributed by atoms with Gasteiger partial charge in [0.1, 0.15) is 0 Å². The van der Waals surface area contributed by atoms with Crippen molar-refractivity contribution >= 4 is 21.8 Å². The summed E-state index contributed by atoms with van der Waals surface area (Å²) in [5.74, 6) is 0. The van der Waals surface area contributed by atoms with Crippen LogP contribution in [0, 0.1) is 6.92 Å². The molecular weight excluding hydrogens is 282 g/mol. The monoisotopic (exact) mass is 299 g/mol. The summed E-state index contributed by atoms with van der Waals surface area (Å²) in [7, 11) is -3.52. The van der Waals surface area contributed by atoms with Crippen molar-refractivity contribution in [3.05, 3.63) is 65.7 Å². The van der Waals surface area contributed by atoms with Gasteiger partial charge in [0, 0.05) is 6.54 Å². The first kappa shape index (κ1) is 13.9. The highest BCUT2D eigenvalue weighted by molar-refractivity contribution is 7.92. The van der Waals surface area contributed by atoms with Crippen molar-refractivity contribution in [2.24, 2.45) is 0 Å². The first-order chi connectivity index (χ1) is 10.1. The molecule has 0 aliphatic carbocycles. The first-order valence-electron chi connectivity index (χ1n) is 6.94. The number of hydrogen-bond acceptors (Lipinski definition) is 2. The van der Waals surface area contributed by atoms with Crippen LogP contribution >= 0.6 is 0 Å². The number of benzene rings is 2. The molecular formula is C17H17NO2S. The summed E-state index contributed by atoms with van der Waals surface area (Å²) in [4.78, 5) is 0.338. The van der Waals surface area contributed by atoms with Gasteiger partial charge in [-0.25, -0.2) is 8.42 Å². The lowest BCUT2D eigenvalue weighted by Gasteiger charge is -2.24. The van der Waals surface area contributed by atoms with Crippen LogP contribution in [-0.4, -0.2) is 15.0 Å². The molecule has 1 aliphatic rings. The summed E-state index contributed by atoms with van der Waals surface area (Å²) in [5.41, 5.74) is 2.73. The molecule has 2 aromatic carbocycles. The van der Waals surface area contributed by atoms with E-state index in [0.29, 0.717) is 17.9 Å². The molecule has 0 radical (unpaired) electrons.